The Morgan fingerprint density at radius 3 is 2.50 bits per heavy atom. The molecule has 20 heavy (non-hydrogen) atoms. The number of hydrogen-bond acceptors (Lipinski definition) is 2. The molecule has 1 unspecified atom stereocenters. The maximum atomic E-state index is 3.43. The molecule has 0 aliphatic carbocycles. The summed E-state index contributed by atoms with van der Waals surface area (Å²) in [4.78, 5) is 0. The van der Waals surface area contributed by atoms with Gasteiger partial charge in [-0.25, -0.2) is 5.43 Å². The van der Waals surface area contributed by atoms with Gasteiger partial charge in [-0.1, -0.05) is 36.4 Å². The zero-order valence-electron chi connectivity index (χ0n) is 11.0. The van der Waals surface area contributed by atoms with Crippen molar-refractivity contribution in [2.24, 2.45) is 0 Å². The van der Waals surface area contributed by atoms with Crippen molar-refractivity contribution >= 4 is 5.69 Å². The Bertz CT molecular complexity index is 731. The maximum Gasteiger partial charge on any atom is 0.0934 e. The highest BCUT2D eigenvalue weighted by Gasteiger charge is 2.27. The standard InChI is InChI=1S/C17H15N3/c1-2-7-13(8-3-1)18-19-17-14-9-4-5-10-15(14)20-12-6-11-16(17)20/h1-12,17-19H. The largest absolute Gasteiger partial charge is 0.321 e. The van der Waals surface area contributed by atoms with Crippen molar-refractivity contribution in [3.05, 3.63) is 84.2 Å². The zero-order valence-corrected chi connectivity index (χ0v) is 11.0. The first-order valence-corrected chi connectivity index (χ1v) is 6.76. The normalized spacial score (nSPS) is 15.7. The summed E-state index contributed by atoms with van der Waals surface area (Å²) in [5.41, 5.74) is 11.6. The van der Waals surface area contributed by atoms with Crippen LogP contribution in [0.1, 0.15) is 17.3 Å². The van der Waals surface area contributed by atoms with Crippen LogP contribution in [0, 0.1) is 0 Å². The summed E-state index contributed by atoms with van der Waals surface area (Å²) in [6, 6.07) is 23.1. The highest BCUT2D eigenvalue weighted by atomic mass is 15.4. The average Bonchev–Trinajstić information content (AvgIpc) is 3.07. The van der Waals surface area contributed by atoms with Crippen LogP contribution < -0.4 is 10.9 Å². The van der Waals surface area contributed by atoms with Crippen molar-refractivity contribution in [1.29, 1.82) is 0 Å². The second-order valence-electron chi connectivity index (χ2n) is 4.93. The van der Waals surface area contributed by atoms with Crippen molar-refractivity contribution in [2.75, 3.05) is 5.43 Å². The van der Waals surface area contributed by atoms with Gasteiger partial charge in [-0.05, 0) is 30.3 Å². The number of hydrazine groups is 1. The fraction of sp³-hybridized carbons (Fsp3) is 0.0588. The Balaban J connectivity index is 1.66. The SMILES string of the molecule is c1ccc(NNC2c3ccccc3-n3cccc32)cc1. The van der Waals surface area contributed by atoms with Gasteiger partial charge in [0.1, 0.15) is 0 Å². The summed E-state index contributed by atoms with van der Waals surface area (Å²) in [6.45, 7) is 0. The van der Waals surface area contributed by atoms with Gasteiger partial charge in [-0.3, -0.25) is 0 Å². The Morgan fingerprint density at radius 1 is 0.800 bits per heavy atom. The molecule has 2 N–H and O–H groups in total. The minimum Gasteiger partial charge on any atom is -0.321 e. The molecule has 2 heterocycles. The monoisotopic (exact) mass is 261 g/mol. The summed E-state index contributed by atoms with van der Waals surface area (Å²) >= 11 is 0. The van der Waals surface area contributed by atoms with Crippen LogP contribution in [-0.2, 0) is 0 Å². The van der Waals surface area contributed by atoms with Gasteiger partial charge in [0.05, 0.1) is 11.7 Å². The summed E-state index contributed by atoms with van der Waals surface area (Å²) < 4.78 is 2.24. The fourth-order valence-corrected chi connectivity index (χ4v) is 2.79. The van der Waals surface area contributed by atoms with Crippen molar-refractivity contribution in [1.82, 2.24) is 9.99 Å². The average molecular weight is 261 g/mol. The molecule has 0 saturated carbocycles. The summed E-state index contributed by atoms with van der Waals surface area (Å²) in [7, 11) is 0. The molecule has 0 saturated heterocycles. The van der Waals surface area contributed by atoms with Gasteiger partial charge in [-0.15, -0.1) is 0 Å². The third kappa shape index (κ3) is 1.72. The van der Waals surface area contributed by atoms with E-state index in [0.29, 0.717) is 0 Å². The van der Waals surface area contributed by atoms with E-state index in [4.69, 9.17) is 0 Å². The lowest BCUT2D eigenvalue weighted by Crippen LogP contribution is -2.26. The molecule has 0 radical (unpaired) electrons. The van der Waals surface area contributed by atoms with Crippen LogP contribution in [0.4, 0.5) is 5.69 Å². The summed E-state index contributed by atoms with van der Waals surface area (Å²) in [5, 5.41) is 0. The van der Waals surface area contributed by atoms with Gasteiger partial charge in [0.15, 0.2) is 0 Å². The topological polar surface area (TPSA) is 29.0 Å². The van der Waals surface area contributed by atoms with Gasteiger partial charge in [0.25, 0.3) is 0 Å². The van der Waals surface area contributed by atoms with Crippen LogP contribution >= 0.6 is 0 Å². The van der Waals surface area contributed by atoms with E-state index < -0.39 is 0 Å². The van der Waals surface area contributed by atoms with E-state index in [-0.39, 0.29) is 6.04 Å². The number of hydrogen-bond donors (Lipinski definition) is 2. The summed E-state index contributed by atoms with van der Waals surface area (Å²) in [5.74, 6) is 0. The predicted octanol–water partition coefficient (Wildman–Crippen LogP) is 3.50. The van der Waals surface area contributed by atoms with Crippen LogP contribution in [0.3, 0.4) is 0 Å². The quantitative estimate of drug-likeness (QED) is 0.707. The number of para-hydroxylation sites is 2. The van der Waals surface area contributed by atoms with E-state index in [1.165, 1.54) is 16.9 Å². The molecule has 0 spiro atoms. The number of fused-ring (bicyclic) bond motifs is 3. The van der Waals surface area contributed by atoms with E-state index in [9.17, 15) is 0 Å². The molecule has 3 heteroatoms. The number of aromatic nitrogens is 1. The van der Waals surface area contributed by atoms with Crippen LogP contribution in [0.15, 0.2) is 72.9 Å². The van der Waals surface area contributed by atoms with Gasteiger partial charge >= 0.3 is 0 Å². The Hall–Kier alpha value is -2.52. The zero-order chi connectivity index (χ0) is 13.4. The van der Waals surface area contributed by atoms with Gasteiger partial charge in [-0.2, -0.15) is 0 Å². The minimum atomic E-state index is 0.168. The van der Waals surface area contributed by atoms with E-state index in [1.807, 2.05) is 30.3 Å². The highest BCUT2D eigenvalue weighted by molar-refractivity contribution is 5.54. The molecule has 0 fully saturated rings. The smallest absolute Gasteiger partial charge is 0.0934 e. The molecule has 3 nitrogen and oxygen atoms in total. The Labute approximate surface area is 117 Å². The second kappa shape index (κ2) is 4.54. The predicted molar refractivity (Wildman–Crippen MR) is 80.8 cm³/mol. The molecule has 2 aromatic carbocycles. The molecule has 0 amide bonds. The molecular formula is C17H15N3. The number of rotatable bonds is 3. The number of anilines is 1. The van der Waals surface area contributed by atoms with E-state index in [2.05, 4.69) is 58.0 Å². The van der Waals surface area contributed by atoms with E-state index in [1.54, 1.807) is 0 Å². The lowest BCUT2D eigenvalue weighted by Gasteiger charge is -2.15. The van der Waals surface area contributed by atoms with Crippen molar-refractivity contribution in [3.63, 3.8) is 0 Å². The van der Waals surface area contributed by atoms with Crippen molar-refractivity contribution in [2.45, 2.75) is 6.04 Å². The number of nitrogens with one attached hydrogen (secondary N) is 2. The third-order valence-electron chi connectivity index (χ3n) is 3.72. The van der Waals surface area contributed by atoms with E-state index in [0.717, 1.165) is 5.69 Å². The lowest BCUT2D eigenvalue weighted by atomic mass is 10.1. The molecule has 1 aromatic heterocycles. The van der Waals surface area contributed by atoms with Gasteiger partial charge < -0.3 is 9.99 Å². The van der Waals surface area contributed by atoms with Crippen molar-refractivity contribution < 1.29 is 0 Å². The molecule has 98 valence electrons. The molecular weight excluding hydrogens is 246 g/mol. The second-order valence-corrected chi connectivity index (χ2v) is 4.93. The first-order chi connectivity index (χ1) is 9.93. The maximum absolute atomic E-state index is 3.43. The number of benzene rings is 2. The Morgan fingerprint density at radius 2 is 1.60 bits per heavy atom. The van der Waals surface area contributed by atoms with Crippen LogP contribution in [0.2, 0.25) is 0 Å². The van der Waals surface area contributed by atoms with Crippen LogP contribution in [0.5, 0.6) is 0 Å². The highest BCUT2D eigenvalue weighted by Crippen LogP contribution is 2.35. The van der Waals surface area contributed by atoms with Crippen molar-refractivity contribution in [3.8, 4) is 5.69 Å². The molecule has 1 aliphatic rings. The van der Waals surface area contributed by atoms with Crippen LogP contribution in [-0.4, -0.2) is 4.57 Å². The lowest BCUT2D eigenvalue weighted by molar-refractivity contribution is 0.683. The summed E-state index contributed by atoms with van der Waals surface area (Å²) in [6.07, 6.45) is 2.11. The van der Waals surface area contributed by atoms with Gasteiger partial charge in [0, 0.05) is 23.1 Å². The fourth-order valence-electron chi connectivity index (χ4n) is 2.79. The van der Waals surface area contributed by atoms with Crippen LogP contribution in [0.25, 0.3) is 5.69 Å². The first kappa shape index (κ1) is 11.3. The third-order valence-corrected chi connectivity index (χ3v) is 3.72. The molecule has 0 bridgehead atoms. The molecule has 3 aromatic rings. The Kier molecular flexibility index (Phi) is 2.57. The molecule has 1 aliphatic heterocycles. The minimum absolute atomic E-state index is 0.168. The number of nitrogens with zero attached hydrogens (tertiary/aromatic N) is 1. The van der Waals surface area contributed by atoms with Gasteiger partial charge in [0.2, 0.25) is 0 Å². The first-order valence-electron chi connectivity index (χ1n) is 6.76. The molecule has 1 atom stereocenters. The van der Waals surface area contributed by atoms with E-state index >= 15 is 0 Å². The molecule has 4 rings (SSSR count).